The SMILES string of the molecule is Cc1cc(-c2ccnc3[nH]cc(C#N)c23)cc(F)c1[C@@]1(O)[C@H](C)CNC[C@@H]1C. The van der Waals surface area contributed by atoms with Gasteiger partial charge in [-0.25, -0.2) is 9.37 Å². The number of aromatic amines is 1. The average Bonchev–Trinajstić information content (AvgIpc) is 3.09. The van der Waals surface area contributed by atoms with E-state index in [1.807, 2.05) is 26.8 Å². The number of nitrogens with zero attached hydrogens (tertiary/aromatic N) is 2. The molecule has 3 N–H and O–H groups in total. The zero-order chi connectivity index (χ0) is 20.1. The summed E-state index contributed by atoms with van der Waals surface area (Å²) in [6.07, 6.45) is 3.25. The Hall–Kier alpha value is -2.75. The summed E-state index contributed by atoms with van der Waals surface area (Å²) >= 11 is 0. The number of nitriles is 1. The highest BCUT2D eigenvalue weighted by molar-refractivity contribution is 5.97. The van der Waals surface area contributed by atoms with E-state index in [9.17, 15) is 10.4 Å². The number of hydrogen-bond acceptors (Lipinski definition) is 4. The Morgan fingerprint density at radius 3 is 2.64 bits per heavy atom. The van der Waals surface area contributed by atoms with E-state index in [2.05, 4.69) is 21.4 Å². The van der Waals surface area contributed by atoms with E-state index in [-0.39, 0.29) is 11.8 Å². The summed E-state index contributed by atoms with van der Waals surface area (Å²) in [6.45, 7) is 7.01. The first-order valence-electron chi connectivity index (χ1n) is 9.48. The molecule has 0 amide bonds. The van der Waals surface area contributed by atoms with Crippen molar-refractivity contribution < 1.29 is 9.50 Å². The van der Waals surface area contributed by atoms with Crippen LogP contribution in [0.25, 0.3) is 22.2 Å². The van der Waals surface area contributed by atoms with Crippen LogP contribution in [0, 0.1) is 35.9 Å². The van der Waals surface area contributed by atoms with Gasteiger partial charge in [0, 0.05) is 48.3 Å². The fourth-order valence-electron chi connectivity index (χ4n) is 4.60. The fraction of sp³-hybridized carbons (Fsp3) is 0.364. The van der Waals surface area contributed by atoms with Crippen LogP contribution in [-0.2, 0) is 5.60 Å². The number of piperidine rings is 1. The van der Waals surface area contributed by atoms with Crippen LogP contribution in [0.3, 0.4) is 0 Å². The lowest BCUT2D eigenvalue weighted by Crippen LogP contribution is -2.53. The van der Waals surface area contributed by atoms with Crippen LogP contribution in [-0.4, -0.2) is 28.2 Å². The molecule has 1 aliphatic heterocycles. The largest absolute Gasteiger partial charge is 0.384 e. The van der Waals surface area contributed by atoms with Gasteiger partial charge in [0.1, 0.15) is 23.1 Å². The quantitative estimate of drug-likeness (QED) is 0.636. The van der Waals surface area contributed by atoms with Gasteiger partial charge in [0.15, 0.2) is 0 Å². The van der Waals surface area contributed by atoms with Crippen molar-refractivity contribution >= 4 is 11.0 Å². The summed E-state index contributed by atoms with van der Waals surface area (Å²) in [4.78, 5) is 7.24. The van der Waals surface area contributed by atoms with Gasteiger partial charge in [0.05, 0.1) is 5.56 Å². The van der Waals surface area contributed by atoms with E-state index < -0.39 is 11.4 Å². The van der Waals surface area contributed by atoms with Crippen LogP contribution in [0.5, 0.6) is 0 Å². The van der Waals surface area contributed by atoms with Gasteiger partial charge in [-0.2, -0.15) is 5.26 Å². The summed E-state index contributed by atoms with van der Waals surface area (Å²) in [5.74, 6) is -0.646. The second-order valence-corrected chi connectivity index (χ2v) is 7.83. The molecule has 5 nitrogen and oxygen atoms in total. The Labute approximate surface area is 163 Å². The van der Waals surface area contributed by atoms with E-state index in [0.29, 0.717) is 46.4 Å². The monoisotopic (exact) mass is 378 g/mol. The Morgan fingerprint density at radius 2 is 2.00 bits per heavy atom. The minimum Gasteiger partial charge on any atom is -0.384 e. The van der Waals surface area contributed by atoms with E-state index in [1.54, 1.807) is 18.5 Å². The van der Waals surface area contributed by atoms with Crippen molar-refractivity contribution in [2.24, 2.45) is 11.8 Å². The number of aromatic nitrogens is 2. The number of H-pyrrole nitrogens is 1. The van der Waals surface area contributed by atoms with Crippen molar-refractivity contribution in [2.45, 2.75) is 26.4 Å². The minimum atomic E-state index is -1.22. The van der Waals surface area contributed by atoms with E-state index in [0.717, 1.165) is 5.56 Å². The highest BCUT2D eigenvalue weighted by Gasteiger charge is 2.45. The molecule has 3 heterocycles. The molecule has 1 fully saturated rings. The molecule has 1 aromatic carbocycles. The number of pyridine rings is 1. The maximum absolute atomic E-state index is 15.4. The van der Waals surface area contributed by atoms with Crippen LogP contribution in [0.15, 0.2) is 30.6 Å². The van der Waals surface area contributed by atoms with Gasteiger partial charge in [0.2, 0.25) is 0 Å². The molecule has 2 aromatic heterocycles. The third kappa shape index (κ3) is 2.62. The standard InChI is InChI=1S/C22H23FN4O/c1-12-6-15(17-4-5-26-21-19(17)16(8-24)11-27-21)7-18(23)20(12)22(28)13(2)9-25-10-14(22)3/h4-7,11,13-14,25,28H,9-10H2,1-3H3,(H,26,27)/t13-,14+,22-. The van der Waals surface area contributed by atoms with Crippen LogP contribution < -0.4 is 5.32 Å². The number of hydrogen-bond donors (Lipinski definition) is 3. The predicted molar refractivity (Wildman–Crippen MR) is 106 cm³/mol. The van der Waals surface area contributed by atoms with Gasteiger partial charge >= 0.3 is 0 Å². The van der Waals surface area contributed by atoms with Gasteiger partial charge in [0.25, 0.3) is 0 Å². The molecule has 28 heavy (non-hydrogen) atoms. The second-order valence-electron chi connectivity index (χ2n) is 7.83. The zero-order valence-corrected chi connectivity index (χ0v) is 16.2. The molecule has 144 valence electrons. The van der Waals surface area contributed by atoms with Crippen molar-refractivity contribution in [1.82, 2.24) is 15.3 Å². The Kier molecular flexibility index (Phi) is 4.45. The molecule has 1 aliphatic rings. The molecule has 0 radical (unpaired) electrons. The molecule has 0 unspecified atom stereocenters. The number of rotatable bonds is 2. The molecular weight excluding hydrogens is 355 g/mol. The maximum atomic E-state index is 15.4. The highest BCUT2D eigenvalue weighted by Crippen LogP contribution is 2.43. The molecule has 3 aromatic rings. The van der Waals surface area contributed by atoms with E-state index >= 15 is 4.39 Å². The van der Waals surface area contributed by atoms with Crippen LogP contribution in [0.2, 0.25) is 0 Å². The normalized spacial score (nSPS) is 25.0. The molecule has 0 bridgehead atoms. The predicted octanol–water partition coefficient (Wildman–Crippen LogP) is 3.61. The molecule has 0 saturated carbocycles. The van der Waals surface area contributed by atoms with Gasteiger partial charge in [-0.15, -0.1) is 0 Å². The second kappa shape index (κ2) is 6.69. The summed E-state index contributed by atoms with van der Waals surface area (Å²) < 4.78 is 15.4. The third-order valence-corrected chi connectivity index (χ3v) is 6.10. The fourth-order valence-corrected chi connectivity index (χ4v) is 4.60. The van der Waals surface area contributed by atoms with Crippen molar-refractivity contribution in [3.8, 4) is 17.2 Å². The molecule has 0 aliphatic carbocycles. The first-order valence-corrected chi connectivity index (χ1v) is 9.48. The van der Waals surface area contributed by atoms with Crippen molar-refractivity contribution in [3.63, 3.8) is 0 Å². The topological polar surface area (TPSA) is 84.7 Å². The maximum Gasteiger partial charge on any atom is 0.139 e. The van der Waals surface area contributed by atoms with Crippen molar-refractivity contribution in [1.29, 1.82) is 5.26 Å². The molecule has 4 rings (SSSR count). The Balaban J connectivity index is 1.91. The lowest BCUT2D eigenvalue weighted by atomic mass is 9.69. The van der Waals surface area contributed by atoms with Gasteiger partial charge in [-0.1, -0.05) is 19.9 Å². The highest BCUT2D eigenvalue weighted by atomic mass is 19.1. The molecule has 0 spiro atoms. The summed E-state index contributed by atoms with van der Waals surface area (Å²) in [5, 5.41) is 24.9. The molecule has 3 atom stereocenters. The summed E-state index contributed by atoms with van der Waals surface area (Å²) in [5.41, 5.74) is 2.33. The van der Waals surface area contributed by atoms with Crippen LogP contribution in [0.4, 0.5) is 4.39 Å². The van der Waals surface area contributed by atoms with Gasteiger partial charge in [-0.3, -0.25) is 0 Å². The number of aryl methyl sites for hydroxylation is 1. The first-order chi connectivity index (χ1) is 13.4. The number of aliphatic hydroxyl groups is 1. The average molecular weight is 378 g/mol. The van der Waals surface area contributed by atoms with Crippen molar-refractivity contribution in [2.75, 3.05) is 13.1 Å². The summed E-state index contributed by atoms with van der Waals surface area (Å²) in [7, 11) is 0. The Bertz CT molecular complexity index is 1060. The number of benzene rings is 1. The van der Waals surface area contributed by atoms with Crippen molar-refractivity contribution in [3.05, 3.63) is 53.1 Å². The summed E-state index contributed by atoms with van der Waals surface area (Å²) in [6, 6.07) is 7.30. The smallest absolute Gasteiger partial charge is 0.139 e. The molecular formula is C22H23FN4O. The third-order valence-electron chi connectivity index (χ3n) is 6.10. The van der Waals surface area contributed by atoms with E-state index in [1.165, 1.54) is 6.07 Å². The van der Waals surface area contributed by atoms with Crippen LogP contribution >= 0.6 is 0 Å². The lowest BCUT2D eigenvalue weighted by Gasteiger charge is -2.45. The van der Waals surface area contributed by atoms with Gasteiger partial charge in [-0.05, 0) is 35.7 Å². The number of fused-ring (bicyclic) bond motifs is 1. The minimum absolute atomic E-state index is 0.113. The number of halogens is 1. The first kappa shape index (κ1) is 18.6. The van der Waals surface area contributed by atoms with E-state index in [4.69, 9.17) is 0 Å². The lowest BCUT2D eigenvalue weighted by molar-refractivity contribution is -0.0835. The zero-order valence-electron chi connectivity index (χ0n) is 16.2. The van der Waals surface area contributed by atoms with Gasteiger partial charge < -0.3 is 15.4 Å². The van der Waals surface area contributed by atoms with Crippen LogP contribution in [0.1, 0.15) is 30.5 Å². The molecule has 1 saturated heterocycles. The Morgan fingerprint density at radius 1 is 1.29 bits per heavy atom. The number of nitrogens with one attached hydrogen (secondary N) is 2. The molecule has 6 heteroatoms.